The normalized spacial score (nSPS) is 12.5. The molecule has 7 heteroatoms. The highest BCUT2D eigenvalue weighted by Gasteiger charge is 2.36. The lowest BCUT2D eigenvalue weighted by Gasteiger charge is -2.31. The number of nitrogens with one attached hydrogen (secondary N) is 2. The van der Waals surface area contributed by atoms with Gasteiger partial charge in [0.05, 0.1) is 5.41 Å². The number of carbonyl (C=O) groups is 3. The fourth-order valence-electron chi connectivity index (χ4n) is 4.07. The molecule has 3 N–H and O–H groups in total. The van der Waals surface area contributed by atoms with Crippen LogP contribution in [0.1, 0.15) is 50.0 Å². The first kappa shape index (κ1) is 27.6. The van der Waals surface area contributed by atoms with E-state index < -0.39 is 34.8 Å². The van der Waals surface area contributed by atoms with Crippen LogP contribution >= 0.6 is 0 Å². The number of benzene rings is 3. The monoisotopic (exact) mass is 504 g/mol. The van der Waals surface area contributed by atoms with E-state index in [2.05, 4.69) is 10.6 Å². The molecule has 0 aromatic heterocycles. The molecule has 0 saturated carbocycles. The minimum Gasteiger partial charge on any atom is -0.481 e. The zero-order valence-electron chi connectivity index (χ0n) is 21.5. The van der Waals surface area contributed by atoms with E-state index in [9.17, 15) is 23.9 Å². The van der Waals surface area contributed by atoms with E-state index in [1.54, 1.807) is 24.3 Å². The fraction of sp³-hybridized carbons (Fsp3) is 0.300. The number of carbonyl (C=O) groups excluding carboxylic acids is 2. The molecule has 0 unspecified atom stereocenters. The average Bonchev–Trinajstić information content (AvgIpc) is 2.85. The summed E-state index contributed by atoms with van der Waals surface area (Å²) in [6, 6.07) is 21.7. The van der Waals surface area contributed by atoms with Crippen LogP contribution in [0.25, 0.3) is 11.1 Å². The van der Waals surface area contributed by atoms with Crippen LogP contribution in [0.2, 0.25) is 0 Å². The molecular weight excluding hydrogens is 471 g/mol. The van der Waals surface area contributed by atoms with Crippen molar-refractivity contribution in [1.82, 2.24) is 10.6 Å². The predicted octanol–water partition coefficient (Wildman–Crippen LogP) is 5.23. The zero-order chi connectivity index (χ0) is 27.2. The first-order chi connectivity index (χ1) is 17.4. The highest BCUT2D eigenvalue weighted by atomic mass is 19.1. The molecule has 0 fully saturated rings. The van der Waals surface area contributed by atoms with Crippen molar-refractivity contribution in [2.24, 2.45) is 5.41 Å². The molecule has 194 valence electrons. The Bertz CT molecular complexity index is 1240. The van der Waals surface area contributed by atoms with Gasteiger partial charge in [0.2, 0.25) is 5.91 Å². The number of rotatable bonds is 10. The van der Waals surface area contributed by atoms with Crippen LogP contribution in [-0.4, -0.2) is 34.5 Å². The molecule has 3 rings (SSSR count). The van der Waals surface area contributed by atoms with E-state index >= 15 is 0 Å². The molecule has 1 atom stereocenters. The average molecular weight is 505 g/mol. The number of amides is 2. The smallest absolute Gasteiger partial charge is 0.309 e. The lowest BCUT2D eigenvalue weighted by atomic mass is 9.85. The molecule has 0 radical (unpaired) electrons. The zero-order valence-corrected chi connectivity index (χ0v) is 21.5. The summed E-state index contributed by atoms with van der Waals surface area (Å²) in [6.07, 6.45) is 0.317. The summed E-state index contributed by atoms with van der Waals surface area (Å²) in [5, 5.41) is 15.3. The number of hydrogen-bond donors (Lipinski definition) is 3. The van der Waals surface area contributed by atoms with Crippen molar-refractivity contribution in [3.63, 3.8) is 0 Å². The maximum Gasteiger partial charge on any atom is 0.309 e. The number of aliphatic carboxylic acids is 1. The quantitative estimate of drug-likeness (QED) is 0.352. The first-order valence-electron chi connectivity index (χ1n) is 12.1. The maximum atomic E-state index is 13.3. The Hall–Kier alpha value is -4.00. The lowest BCUT2D eigenvalue weighted by molar-refractivity contribution is -0.147. The molecule has 0 spiro atoms. The van der Waals surface area contributed by atoms with Gasteiger partial charge in [-0.1, -0.05) is 54.6 Å². The Kier molecular flexibility index (Phi) is 8.48. The second-order valence-corrected chi connectivity index (χ2v) is 10.5. The van der Waals surface area contributed by atoms with Gasteiger partial charge in [0.25, 0.3) is 5.91 Å². The third-order valence-corrected chi connectivity index (χ3v) is 6.19. The molecule has 0 aliphatic heterocycles. The molecule has 2 amide bonds. The topological polar surface area (TPSA) is 95.5 Å². The van der Waals surface area contributed by atoms with Gasteiger partial charge in [-0.15, -0.1) is 0 Å². The number of halogens is 1. The third-order valence-electron chi connectivity index (χ3n) is 6.19. The largest absolute Gasteiger partial charge is 0.481 e. The SMILES string of the molecule is CC(C)(Cc1ccc(F)cc1)NC(=O)[C@H](CC(C)(C)C(=O)O)NC(=O)c1ccc(-c2ccccc2)cc1. The second kappa shape index (κ2) is 11.4. The molecule has 3 aromatic carbocycles. The van der Waals surface area contributed by atoms with E-state index in [1.807, 2.05) is 56.3 Å². The van der Waals surface area contributed by atoms with Crippen molar-refractivity contribution in [2.45, 2.75) is 52.1 Å². The molecule has 0 bridgehead atoms. The molecule has 0 heterocycles. The maximum absolute atomic E-state index is 13.3. The number of carboxylic acid groups (broad SMARTS) is 1. The van der Waals surface area contributed by atoms with E-state index in [0.29, 0.717) is 12.0 Å². The van der Waals surface area contributed by atoms with Gasteiger partial charge in [-0.3, -0.25) is 14.4 Å². The third kappa shape index (κ3) is 7.74. The Labute approximate surface area is 216 Å². The molecule has 0 saturated heterocycles. The van der Waals surface area contributed by atoms with Crippen LogP contribution in [-0.2, 0) is 16.0 Å². The van der Waals surface area contributed by atoms with Crippen molar-refractivity contribution in [3.8, 4) is 11.1 Å². The van der Waals surface area contributed by atoms with Gasteiger partial charge < -0.3 is 15.7 Å². The fourth-order valence-corrected chi connectivity index (χ4v) is 4.07. The summed E-state index contributed by atoms with van der Waals surface area (Å²) in [5.74, 6) is -2.38. The van der Waals surface area contributed by atoms with Crippen molar-refractivity contribution >= 4 is 17.8 Å². The molecule has 3 aromatic rings. The summed E-state index contributed by atoms with van der Waals surface area (Å²) >= 11 is 0. The minimum atomic E-state index is -1.26. The van der Waals surface area contributed by atoms with Gasteiger partial charge in [0, 0.05) is 11.1 Å². The van der Waals surface area contributed by atoms with E-state index in [0.717, 1.165) is 16.7 Å². The standard InChI is InChI=1S/C30H33FN2O4/c1-29(2,28(36)37)19-25(27(35)33-30(3,4)18-20-10-16-24(31)17-11-20)32-26(34)23-14-12-22(13-15-23)21-8-6-5-7-9-21/h5-17,25H,18-19H2,1-4H3,(H,32,34)(H,33,35)(H,36,37)/t25-/m0/s1. The van der Waals surface area contributed by atoms with Crippen LogP contribution in [0.15, 0.2) is 78.9 Å². The van der Waals surface area contributed by atoms with E-state index in [1.165, 1.54) is 26.0 Å². The first-order valence-corrected chi connectivity index (χ1v) is 12.1. The molecular formula is C30H33FN2O4. The Morgan fingerprint density at radius 2 is 1.41 bits per heavy atom. The van der Waals surface area contributed by atoms with Crippen LogP contribution in [0.5, 0.6) is 0 Å². The summed E-state index contributed by atoms with van der Waals surface area (Å²) in [4.78, 5) is 38.2. The van der Waals surface area contributed by atoms with E-state index in [4.69, 9.17) is 0 Å². The van der Waals surface area contributed by atoms with Gasteiger partial charge in [0.1, 0.15) is 11.9 Å². The van der Waals surface area contributed by atoms with Gasteiger partial charge in [-0.25, -0.2) is 4.39 Å². The van der Waals surface area contributed by atoms with Crippen LogP contribution < -0.4 is 10.6 Å². The van der Waals surface area contributed by atoms with Crippen LogP contribution in [0, 0.1) is 11.2 Å². The number of carboxylic acids is 1. The highest BCUT2D eigenvalue weighted by molar-refractivity contribution is 5.98. The van der Waals surface area contributed by atoms with Crippen molar-refractivity contribution in [2.75, 3.05) is 0 Å². The Balaban J connectivity index is 1.76. The predicted molar refractivity (Wildman–Crippen MR) is 141 cm³/mol. The molecule has 6 nitrogen and oxygen atoms in total. The van der Waals surface area contributed by atoms with Crippen molar-refractivity contribution in [3.05, 3.63) is 95.8 Å². The van der Waals surface area contributed by atoms with Crippen molar-refractivity contribution < 1.29 is 23.9 Å². The second-order valence-electron chi connectivity index (χ2n) is 10.5. The summed E-state index contributed by atoms with van der Waals surface area (Å²) in [5.41, 5.74) is 1.16. The summed E-state index contributed by atoms with van der Waals surface area (Å²) < 4.78 is 13.3. The lowest BCUT2D eigenvalue weighted by Crippen LogP contribution is -2.55. The molecule has 37 heavy (non-hydrogen) atoms. The minimum absolute atomic E-state index is 0.103. The summed E-state index contributed by atoms with van der Waals surface area (Å²) in [6.45, 7) is 6.66. The summed E-state index contributed by atoms with van der Waals surface area (Å²) in [7, 11) is 0. The highest BCUT2D eigenvalue weighted by Crippen LogP contribution is 2.24. The van der Waals surface area contributed by atoms with Crippen molar-refractivity contribution in [1.29, 1.82) is 0 Å². The Morgan fingerprint density at radius 1 is 0.838 bits per heavy atom. The van der Waals surface area contributed by atoms with Gasteiger partial charge in [-0.05, 0) is 81.5 Å². The van der Waals surface area contributed by atoms with Gasteiger partial charge >= 0.3 is 5.97 Å². The van der Waals surface area contributed by atoms with Crippen LogP contribution in [0.3, 0.4) is 0 Å². The van der Waals surface area contributed by atoms with Gasteiger partial charge in [-0.2, -0.15) is 0 Å². The van der Waals surface area contributed by atoms with Gasteiger partial charge in [0.15, 0.2) is 0 Å². The van der Waals surface area contributed by atoms with Crippen LogP contribution in [0.4, 0.5) is 4.39 Å². The Morgan fingerprint density at radius 3 is 1.97 bits per heavy atom. The van der Waals surface area contributed by atoms with E-state index in [-0.39, 0.29) is 12.2 Å². The molecule has 0 aliphatic rings. The number of hydrogen-bond acceptors (Lipinski definition) is 3. The molecule has 0 aliphatic carbocycles.